The summed E-state index contributed by atoms with van der Waals surface area (Å²) in [6.07, 6.45) is 6.22. The molecule has 0 heterocycles. The predicted octanol–water partition coefficient (Wildman–Crippen LogP) is 2.53. The number of aliphatic imine (C=N–C) groups is 1. The lowest BCUT2D eigenvalue weighted by molar-refractivity contribution is 0.111. The molecule has 19 heavy (non-hydrogen) atoms. The number of hydrogen-bond acceptors (Lipinski definition) is 2. The zero-order valence-electron chi connectivity index (χ0n) is 12.9. The van der Waals surface area contributed by atoms with Crippen LogP contribution in [0.25, 0.3) is 0 Å². The van der Waals surface area contributed by atoms with Crippen molar-refractivity contribution in [1.29, 1.82) is 0 Å². The van der Waals surface area contributed by atoms with Gasteiger partial charge in [0.15, 0.2) is 5.96 Å². The van der Waals surface area contributed by atoms with Gasteiger partial charge < -0.3 is 15.8 Å². The highest BCUT2D eigenvalue weighted by molar-refractivity contribution is 5.77. The van der Waals surface area contributed by atoms with E-state index in [1.54, 1.807) is 0 Å². The first-order chi connectivity index (χ1) is 9.08. The van der Waals surface area contributed by atoms with E-state index in [1.807, 2.05) is 6.92 Å². The van der Waals surface area contributed by atoms with Crippen molar-refractivity contribution in [2.24, 2.45) is 22.1 Å². The molecule has 4 nitrogen and oxygen atoms in total. The highest BCUT2D eigenvalue weighted by Crippen LogP contribution is 2.46. The van der Waals surface area contributed by atoms with Gasteiger partial charge in [-0.3, -0.25) is 4.99 Å². The molecule has 112 valence electrons. The Balaban J connectivity index is 2.22. The van der Waals surface area contributed by atoms with Crippen LogP contribution < -0.4 is 11.1 Å². The molecule has 1 aliphatic rings. The minimum Gasteiger partial charge on any atom is -0.382 e. The van der Waals surface area contributed by atoms with E-state index in [1.165, 1.54) is 25.7 Å². The van der Waals surface area contributed by atoms with E-state index in [4.69, 9.17) is 10.5 Å². The predicted molar refractivity (Wildman–Crippen MR) is 81.3 cm³/mol. The summed E-state index contributed by atoms with van der Waals surface area (Å²) < 4.78 is 5.28. The molecule has 0 bridgehead atoms. The average Bonchev–Trinajstić information content (AvgIpc) is 2.31. The molecule has 0 aliphatic heterocycles. The molecular weight excluding hydrogens is 238 g/mol. The third-order valence-electron chi connectivity index (χ3n) is 3.82. The number of rotatable bonds is 9. The van der Waals surface area contributed by atoms with Crippen LogP contribution in [0.2, 0.25) is 0 Å². The number of hydrogen-bond donors (Lipinski definition) is 2. The molecule has 1 rings (SSSR count). The summed E-state index contributed by atoms with van der Waals surface area (Å²) in [6.45, 7) is 9.88. The van der Waals surface area contributed by atoms with Gasteiger partial charge in [-0.1, -0.05) is 20.3 Å². The molecule has 3 N–H and O–H groups in total. The molecule has 1 saturated carbocycles. The highest BCUT2D eigenvalue weighted by Gasteiger charge is 2.37. The minimum atomic E-state index is 0.436. The molecule has 0 aromatic heterocycles. The average molecular weight is 269 g/mol. The van der Waals surface area contributed by atoms with E-state index in [0.717, 1.165) is 38.6 Å². The SMILES string of the molecule is CCOCCCNC(N)=NCC1(CC(C)C)CCC1. The first-order valence-corrected chi connectivity index (χ1v) is 7.69. The van der Waals surface area contributed by atoms with E-state index in [0.29, 0.717) is 11.4 Å². The van der Waals surface area contributed by atoms with Crippen LogP contribution in [0, 0.1) is 11.3 Å². The summed E-state index contributed by atoms with van der Waals surface area (Å²) in [7, 11) is 0. The first kappa shape index (κ1) is 16.3. The summed E-state index contributed by atoms with van der Waals surface area (Å²) in [5.41, 5.74) is 6.34. The summed E-state index contributed by atoms with van der Waals surface area (Å²) >= 11 is 0. The number of nitrogens with one attached hydrogen (secondary N) is 1. The standard InChI is InChI=1S/C15H31N3O/c1-4-19-10-6-9-17-14(16)18-12-15(7-5-8-15)11-13(2)3/h13H,4-12H2,1-3H3,(H3,16,17,18). The van der Waals surface area contributed by atoms with E-state index in [2.05, 4.69) is 24.2 Å². The van der Waals surface area contributed by atoms with Gasteiger partial charge in [-0.25, -0.2) is 0 Å². The van der Waals surface area contributed by atoms with Crippen LogP contribution in [-0.4, -0.2) is 32.3 Å². The van der Waals surface area contributed by atoms with Crippen molar-refractivity contribution in [2.45, 2.75) is 52.9 Å². The van der Waals surface area contributed by atoms with Crippen molar-refractivity contribution < 1.29 is 4.74 Å². The topological polar surface area (TPSA) is 59.6 Å². The number of nitrogens with zero attached hydrogens (tertiary/aromatic N) is 1. The Kier molecular flexibility index (Phi) is 7.21. The summed E-state index contributed by atoms with van der Waals surface area (Å²) in [6, 6.07) is 0. The molecular formula is C15H31N3O. The van der Waals surface area contributed by atoms with Crippen LogP contribution >= 0.6 is 0 Å². The van der Waals surface area contributed by atoms with Crippen LogP contribution in [0.3, 0.4) is 0 Å². The maximum Gasteiger partial charge on any atom is 0.188 e. The van der Waals surface area contributed by atoms with Gasteiger partial charge in [-0.05, 0) is 43.9 Å². The van der Waals surface area contributed by atoms with Gasteiger partial charge in [0.25, 0.3) is 0 Å². The van der Waals surface area contributed by atoms with Crippen LogP contribution in [0.5, 0.6) is 0 Å². The van der Waals surface area contributed by atoms with Crippen molar-refractivity contribution in [3.05, 3.63) is 0 Å². The zero-order valence-corrected chi connectivity index (χ0v) is 12.9. The van der Waals surface area contributed by atoms with E-state index < -0.39 is 0 Å². The van der Waals surface area contributed by atoms with Gasteiger partial charge >= 0.3 is 0 Å². The van der Waals surface area contributed by atoms with Crippen molar-refractivity contribution in [1.82, 2.24) is 5.32 Å². The highest BCUT2D eigenvalue weighted by atomic mass is 16.5. The fraction of sp³-hybridized carbons (Fsp3) is 0.933. The molecule has 0 amide bonds. The summed E-state index contributed by atoms with van der Waals surface area (Å²) in [4.78, 5) is 4.53. The Labute approximate surface area is 118 Å². The summed E-state index contributed by atoms with van der Waals surface area (Å²) in [5.74, 6) is 1.34. The largest absolute Gasteiger partial charge is 0.382 e. The lowest BCUT2D eigenvalue weighted by Gasteiger charge is -2.42. The zero-order chi connectivity index (χ0) is 14.1. The van der Waals surface area contributed by atoms with Crippen LogP contribution in [-0.2, 0) is 4.74 Å². The van der Waals surface area contributed by atoms with Crippen LogP contribution in [0.1, 0.15) is 52.9 Å². The monoisotopic (exact) mass is 269 g/mol. The molecule has 1 fully saturated rings. The van der Waals surface area contributed by atoms with Crippen LogP contribution in [0.4, 0.5) is 0 Å². The fourth-order valence-corrected chi connectivity index (χ4v) is 2.81. The van der Waals surface area contributed by atoms with Gasteiger partial charge in [-0.15, -0.1) is 0 Å². The Bertz CT molecular complexity index is 273. The lowest BCUT2D eigenvalue weighted by atomic mass is 9.64. The minimum absolute atomic E-state index is 0.436. The molecule has 0 atom stereocenters. The van der Waals surface area contributed by atoms with Crippen molar-refractivity contribution in [2.75, 3.05) is 26.3 Å². The van der Waals surface area contributed by atoms with Crippen molar-refractivity contribution in [3.63, 3.8) is 0 Å². The van der Waals surface area contributed by atoms with E-state index in [-0.39, 0.29) is 0 Å². The molecule has 1 aliphatic carbocycles. The van der Waals surface area contributed by atoms with Crippen LogP contribution in [0.15, 0.2) is 4.99 Å². The Hall–Kier alpha value is -0.770. The van der Waals surface area contributed by atoms with Gasteiger partial charge in [0, 0.05) is 26.3 Å². The Morgan fingerprint density at radius 3 is 2.68 bits per heavy atom. The molecule has 0 spiro atoms. The van der Waals surface area contributed by atoms with E-state index >= 15 is 0 Å². The maximum atomic E-state index is 5.90. The molecule has 0 aromatic carbocycles. The number of guanidine groups is 1. The third-order valence-corrected chi connectivity index (χ3v) is 3.82. The second-order valence-electron chi connectivity index (χ2n) is 6.13. The van der Waals surface area contributed by atoms with Crippen molar-refractivity contribution >= 4 is 5.96 Å². The van der Waals surface area contributed by atoms with Gasteiger partial charge in [0.2, 0.25) is 0 Å². The molecule has 0 aromatic rings. The van der Waals surface area contributed by atoms with Gasteiger partial charge in [0.1, 0.15) is 0 Å². The maximum absolute atomic E-state index is 5.90. The fourth-order valence-electron chi connectivity index (χ4n) is 2.81. The molecule has 0 radical (unpaired) electrons. The second-order valence-corrected chi connectivity index (χ2v) is 6.13. The molecule has 0 saturated heterocycles. The third kappa shape index (κ3) is 6.28. The lowest BCUT2D eigenvalue weighted by Crippen LogP contribution is -2.38. The molecule has 0 unspecified atom stereocenters. The molecule has 4 heteroatoms. The number of ether oxygens (including phenoxy) is 1. The van der Waals surface area contributed by atoms with Gasteiger partial charge in [-0.2, -0.15) is 0 Å². The Morgan fingerprint density at radius 2 is 2.16 bits per heavy atom. The normalized spacial score (nSPS) is 18.4. The van der Waals surface area contributed by atoms with Gasteiger partial charge in [0.05, 0.1) is 0 Å². The Morgan fingerprint density at radius 1 is 1.42 bits per heavy atom. The smallest absolute Gasteiger partial charge is 0.188 e. The second kappa shape index (κ2) is 8.41. The summed E-state index contributed by atoms with van der Waals surface area (Å²) in [5, 5.41) is 3.16. The first-order valence-electron chi connectivity index (χ1n) is 7.69. The van der Waals surface area contributed by atoms with Crippen molar-refractivity contribution in [3.8, 4) is 0 Å². The quantitative estimate of drug-likeness (QED) is 0.384. The number of nitrogens with two attached hydrogens (primary N) is 1. The van der Waals surface area contributed by atoms with E-state index in [9.17, 15) is 0 Å².